The summed E-state index contributed by atoms with van der Waals surface area (Å²) in [5, 5.41) is 17.5. The molecule has 0 aliphatic heterocycles. The second-order valence-electron chi connectivity index (χ2n) is 6.35. The lowest BCUT2D eigenvalue weighted by Gasteiger charge is -2.18. The van der Waals surface area contributed by atoms with Crippen molar-refractivity contribution >= 4 is 5.91 Å². The van der Waals surface area contributed by atoms with Crippen molar-refractivity contribution in [2.75, 3.05) is 7.11 Å². The van der Waals surface area contributed by atoms with Crippen LogP contribution in [0.3, 0.4) is 0 Å². The number of ether oxygens (including phenoxy) is 1. The Morgan fingerprint density at radius 1 is 1.42 bits per heavy atom. The molecule has 1 saturated carbocycles. The number of benzene rings is 1. The van der Waals surface area contributed by atoms with E-state index in [1.807, 2.05) is 29.9 Å². The van der Waals surface area contributed by atoms with Gasteiger partial charge in [0.15, 0.2) is 0 Å². The number of aromatic nitrogens is 2. The zero-order valence-corrected chi connectivity index (χ0v) is 14.0. The molecule has 6 nitrogen and oxygen atoms in total. The van der Waals surface area contributed by atoms with Gasteiger partial charge in [-0.1, -0.05) is 6.07 Å². The van der Waals surface area contributed by atoms with E-state index in [-0.39, 0.29) is 11.9 Å². The van der Waals surface area contributed by atoms with E-state index >= 15 is 0 Å². The van der Waals surface area contributed by atoms with Crippen LogP contribution in [0, 0.1) is 12.8 Å². The van der Waals surface area contributed by atoms with Crippen LogP contribution >= 0.6 is 0 Å². The van der Waals surface area contributed by atoms with Crippen LogP contribution in [0.4, 0.5) is 0 Å². The summed E-state index contributed by atoms with van der Waals surface area (Å²) in [6.45, 7) is 2.62. The molecule has 1 heterocycles. The second kappa shape index (κ2) is 7.05. The Bertz CT molecular complexity index is 700. The molecule has 0 bridgehead atoms. The first-order valence-electron chi connectivity index (χ1n) is 8.18. The van der Waals surface area contributed by atoms with Crippen molar-refractivity contribution in [2.45, 2.75) is 38.5 Å². The first-order valence-corrected chi connectivity index (χ1v) is 8.18. The van der Waals surface area contributed by atoms with Crippen LogP contribution in [0.5, 0.6) is 5.75 Å². The molecule has 24 heavy (non-hydrogen) atoms. The van der Waals surface area contributed by atoms with Crippen molar-refractivity contribution < 1.29 is 14.6 Å². The van der Waals surface area contributed by atoms with Gasteiger partial charge in [0.25, 0.3) is 5.91 Å². The fourth-order valence-electron chi connectivity index (χ4n) is 3.42. The first kappa shape index (κ1) is 16.5. The molecule has 2 aromatic rings. The summed E-state index contributed by atoms with van der Waals surface area (Å²) >= 11 is 0. The quantitative estimate of drug-likeness (QED) is 0.876. The van der Waals surface area contributed by atoms with Gasteiger partial charge in [-0.2, -0.15) is 5.10 Å². The standard InChI is InChI=1S/C18H23N3O3/c1-12-14(5-3-6-17(12)24-2)18(23)20-15-9-13(10-16(15)22)11-21-8-4-7-19-21/h3-8,13,15-16,22H,9-11H2,1-2H3,(H,20,23)/t13?,15-,16-/m1/s1. The monoisotopic (exact) mass is 329 g/mol. The minimum Gasteiger partial charge on any atom is -0.496 e. The third-order valence-electron chi connectivity index (χ3n) is 4.70. The molecule has 0 saturated heterocycles. The number of hydrogen-bond acceptors (Lipinski definition) is 4. The Labute approximate surface area is 141 Å². The van der Waals surface area contributed by atoms with Gasteiger partial charge in [0, 0.05) is 30.1 Å². The lowest BCUT2D eigenvalue weighted by atomic mass is 10.1. The summed E-state index contributed by atoms with van der Waals surface area (Å²) in [7, 11) is 1.59. The van der Waals surface area contributed by atoms with Gasteiger partial charge in [0.1, 0.15) is 5.75 Å². The van der Waals surface area contributed by atoms with Gasteiger partial charge in [0.05, 0.1) is 19.3 Å². The maximum atomic E-state index is 12.6. The summed E-state index contributed by atoms with van der Waals surface area (Å²) < 4.78 is 7.13. The Balaban J connectivity index is 1.64. The second-order valence-corrected chi connectivity index (χ2v) is 6.35. The molecule has 0 spiro atoms. The third kappa shape index (κ3) is 3.43. The lowest BCUT2D eigenvalue weighted by Crippen LogP contribution is -2.40. The number of carbonyl (C=O) groups excluding carboxylic acids is 1. The fourth-order valence-corrected chi connectivity index (χ4v) is 3.42. The third-order valence-corrected chi connectivity index (χ3v) is 4.70. The van der Waals surface area contributed by atoms with Crippen LogP contribution in [0.15, 0.2) is 36.7 Å². The zero-order valence-electron chi connectivity index (χ0n) is 14.0. The van der Waals surface area contributed by atoms with Crippen LogP contribution in [0.2, 0.25) is 0 Å². The molecule has 128 valence electrons. The van der Waals surface area contributed by atoms with E-state index in [2.05, 4.69) is 10.4 Å². The fraction of sp³-hybridized carbons (Fsp3) is 0.444. The highest BCUT2D eigenvalue weighted by Crippen LogP contribution is 2.28. The summed E-state index contributed by atoms with van der Waals surface area (Å²) in [5.41, 5.74) is 1.38. The van der Waals surface area contributed by atoms with Crippen LogP contribution in [-0.4, -0.2) is 40.0 Å². The molecule has 1 aliphatic rings. The average Bonchev–Trinajstić information content (AvgIpc) is 3.18. The summed E-state index contributed by atoms with van der Waals surface area (Å²) in [6, 6.07) is 7.05. The molecule has 1 amide bonds. The molecule has 1 aromatic carbocycles. The number of amides is 1. The Morgan fingerprint density at radius 2 is 2.25 bits per heavy atom. The van der Waals surface area contributed by atoms with E-state index in [9.17, 15) is 9.90 Å². The molecule has 3 rings (SSSR count). The largest absolute Gasteiger partial charge is 0.496 e. The molecule has 1 fully saturated rings. The van der Waals surface area contributed by atoms with Gasteiger partial charge in [-0.05, 0) is 43.9 Å². The summed E-state index contributed by atoms with van der Waals surface area (Å²) in [4.78, 5) is 12.6. The molecule has 1 unspecified atom stereocenters. The number of nitrogens with zero attached hydrogens (tertiary/aromatic N) is 2. The van der Waals surface area contributed by atoms with Gasteiger partial charge in [-0.3, -0.25) is 9.48 Å². The number of carbonyl (C=O) groups is 1. The van der Waals surface area contributed by atoms with Gasteiger partial charge >= 0.3 is 0 Å². The van der Waals surface area contributed by atoms with Gasteiger partial charge < -0.3 is 15.2 Å². The highest BCUT2D eigenvalue weighted by atomic mass is 16.5. The maximum absolute atomic E-state index is 12.6. The highest BCUT2D eigenvalue weighted by Gasteiger charge is 2.34. The van der Waals surface area contributed by atoms with Crippen LogP contribution in [-0.2, 0) is 6.54 Å². The van der Waals surface area contributed by atoms with E-state index in [1.165, 1.54) is 0 Å². The van der Waals surface area contributed by atoms with Gasteiger partial charge in [0.2, 0.25) is 0 Å². The van der Waals surface area contributed by atoms with E-state index in [4.69, 9.17) is 4.74 Å². The smallest absolute Gasteiger partial charge is 0.251 e. The topological polar surface area (TPSA) is 76.4 Å². The Hall–Kier alpha value is -2.34. The van der Waals surface area contributed by atoms with Crippen LogP contribution < -0.4 is 10.1 Å². The number of rotatable bonds is 5. The molecular formula is C18H23N3O3. The molecule has 6 heteroatoms. The predicted octanol–water partition coefficient (Wildman–Crippen LogP) is 1.77. The van der Waals surface area contributed by atoms with Crippen molar-refractivity contribution in [2.24, 2.45) is 5.92 Å². The van der Waals surface area contributed by atoms with E-state index < -0.39 is 6.10 Å². The highest BCUT2D eigenvalue weighted by molar-refractivity contribution is 5.96. The lowest BCUT2D eigenvalue weighted by molar-refractivity contribution is 0.0872. The molecule has 1 aliphatic carbocycles. The van der Waals surface area contributed by atoms with Crippen molar-refractivity contribution in [3.63, 3.8) is 0 Å². The van der Waals surface area contributed by atoms with E-state index in [1.54, 1.807) is 25.4 Å². The predicted molar refractivity (Wildman–Crippen MR) is 89.9 cm³/mol. The maximum Gasteiger partial charge on any atom is 0.251 e. The Morgan fingerprint density at radius 3 is 2.96 bits per heavy atom. The van der Waals surface area contributed by atoms with Crippen molar-refractivity contribution in [1.29, 1.82) is 0 Å². The minimum atomic E-state index is -0.527. The van der Waals surface area contributed by atoms with Crippen LogP contribution in [0.25, 0.3) is 0 Å². The van der Waals surface area contributed by atoms with E-state index in [0.717, 1.165) is 18.5 Å². The SMILES string of the molecule is COc1cccc(C(=O)N[C@@H]2CC(Cn3cccn3)C[C@H]2O)c1C. The number of aliphatic hydroxyl groups excluding tert-OH is 1. The van der Waals surface area contributed by atoms with Crippen molar-refractivity contribution in [3.8, 4) is 5.75 Å². The number of nitrogens with one attached hydrogen (secondary N) is 1. The summed E-state index contributed by atoms with van der Waals surface area (Å²) in [5.74, 6) is 0.818. The molecule has 2 N–H and O–H groups in total. The molecule has 3 atom stereocenters. The van der Waals surface area contributed by atoms with Crippen LogP contribution in [0.1, 0.15) is 28.8 Å². The Kier molecular flexibility index (Phi) is 4.85. The number of methoxy groups -OCH3 is 1. The minimum absolute atomic E-state index is 0.171. The first-order chi connectivity index (χ1) is 11.6. The average molecular weight is 329 g/mol. The summed E-state index contributed by atoms with van der Waals surface area (Å²) in [6.07, 6.45) is 4.55. The van der Waals surface area contributed by atoms with Crippen molar-refractivity contribution in [3.05, 3.63) is 47.8 Å². The van der Waals surface area contributed by atoms with Gasteiger partial charge in [-0.15, -0.1) is 0 Å². The normalized spacial score (nSPS) is 23.2. The number of hydrogen-bond donors (Lipinski definition) is 2. The molecule has 0 radical (unpaired) electrons. The van der Waals surface area contributed by atoms with Gasteiger partial charge in [-0.25, -0.2) is 0 Å². The molecular weight excluding hydrogens is 306 g/mol. The van der Waals surface area contributed by atoms with Crippen molar-refractivity contribution in [1.82, 2.24) is 15.1 Å². The molecule has 1 aromatic heterocycles. The number of aliphatic hydroxyl groups is 1. The zero-order chi connectivity index (χ0) is 17.1. The van der Waals surface area contributed by atoms with E-state index in [0.29, 0.717) is 23.7 Å².